The third-order valence-electron chi connectivity index (χ3n) is 6.18. The first-order valence-electron chi connectivity index (χ1n) is 11.0. The van der Waals surface area contributed by atoms with Crippen molar-refractivity contribution in [2.45, 2.75) is 89.6 Å². The number of carbonyl (C=O) groups is 1. The summed E-state index contributed by atoms with van der Waals surface area (Å²) in [5.41, 5.74) is -0.130. The molecule has 0 bridgehead atoms. The number of ether oxygens (including phenoxy) is 1. The summed E-state index contributed by atoms with van der Waals surface area (Å²) in [5, 5.41) is 8.83. The molecular weight excluding hydrogens is 412 g/mol. The largest absolute Gasteiger partial charge is 0.460 e. The summed E-state index contributed by atoms with van der Waals surface area (Å²) in [7, 11) is -3.62. The van der Waals surface area contributed by atoms with Gasteiger partial charge in [-0.25, -0.2) is 8.42 Å². The number of aliphatic hydroxyl groups is 1. The molecule has 0 amide bonds. The van der Waals surface area contributed by atoms with Crippen LogP contribution in [-0.2, 0) is 19.4 Å². The van der Waals surface area contributed by atoms with Gasteiger partial charge >= 0.3 is 5.97 Å². The smallest absolute Gasteiger partial charge is 0.310 e. The van der Waals surface area contributed by atoms with E-state index in [0.717, 1.165) is 5.57 Å². The van der Waals surface area contributed by atoms with E-state index in [0.29, 0.717) is 19.3 Å². The second-order valence-corrected chi connectivity index (χ2v) is 12.5. The summed E-state index contributed by atoms with van der Waals surface area (Å²) in [6, 6.07) is 8.48. The van der Waals surface area contributed by atoms with E-state index < -0.39 is 26.8 Å². The fourth-order valence-corrected chi connectivity index (χ4v) is 6.17. The first kappa shape index (κ1) is 25.6. The molecular formula is C25H38O5S. The lowest BCUT2D eigenvalue weighted by atomic mass is 10.0. The third-order valence-corrected chi connectivity index (χ3v) is 8.43. The van der Waals surface area contributed by atoms with E-state index in [1.165, 1.54) is 0 Å². The van der Waals surface area contributed by atoms with E-state index in [2.05, 4.69) is 0 Å². The molecule has 1 N–H and O–H groups in total. The minimum absolute atomic E-state index is 0.0778. The Bertz CT molecular complexity index is 892. The molecule has 31 heavy (non-hydrogen) atoms. The number of benzene rings is 1. The predicted molar refractivity (Wildman–Crippen MR) is 123 cm³/mol. The molecule has 4 atom stereocenters. The Kier molecular flexibility index (Phi) is 7.81. The Morgan fingerprint density at radius 2 is 1.81 bits per heavy atom. The Labute approximate surface area is 187 Å². The molecule has 1 saturated carbocycles. The number of aliphatic hydroxyl groups excluding tert-OH is 1. The van der Waals surface area contributed by atoms with Gasteiger partial charge in [-0.05, 0) is 77.3 Å². The lowest BCUT2D eigenvalue weighted by Gasteiger charge is -2.21. The third kappa shape index (κ3) is 6.42. The van der Waals surface area contributed by atoms with Gasteiger partial charge in [0.2, 0.25) is 0 Å². The fourth-order valence-electron chi connectivity index (χ4n) is 4.26. The molecule has 0 heterocycles. The van der Waals surface area contributed by atoms with Crippen molar-refractivity contribution in [1.82, 2.24) is 0 Å². The van der Waals surface area contributed by atoms with Crippen molar-refractivity contribution in [2.75, 3.05) is 0 Å². The van der Waals surface area contributed by atoms with Crippen LogP contribution in [0, 0.1) is 17.3 Å². The number of hydrogen-bond donors (Lipinski definition) is 1. The molecule has 1 fully saturated rings. The van der Waals surface area contributed by atoms with Gasteiger partial charge in [0.1, 0.15) is 5.60 Å². The van der Waals surface area contributed by atoms with Crippen LogP contribution in [0.15, 0.2) is 46.9 Å². The van der Waals surface area contributed by atoms with Crippen LogP contribution in [0.2, 0.25) is 0 Å². The molecule has 5 nitrogen and oxygen atoms in total. The number of allylic oxidation sites excluding steroid dienone is 1. The molecule has 0 radical (unpaired) electrons. The highest BCUT2D eigenvalue weighted by Gasteiger charge is 2.63. The van der Waals surface area contributed by atoms with Crippen molar-refractivity contribution in [1.29, 1.82) is 0 Å². The molecule has 0 spiro atoms. The van der Waals surface area contributed by atoms with Crippen LogP contribution >= 0.6 is 0 Å². The molecule has 0 aromatic heterocycles. The van der Waals surface area contributed by atoms with Crippen LogP contribution in [0.3, 0.4) is 0 Å². The molecule has 2 unspecified atom stereocenters. The summed E-state index contributed by atoms with van der Waals surface area (Å²) in [6.45, 7) is 13.1. The zero-order valence-corrected chi connectivity index (χ0v) is 20.7. The molecule has 174 valence electrons. The lowest BCUT2D eigenvalue weighted by Crippen LogP contribution is -2.27. The lowest BCUT2D eigenvalue weighted by molar-refractivity contribution is -0.157. The van der Waals surface area contributed by atoms with Gasteiger partial charge in [-0.2, -0.15) is 0 Å². The average Bonchev–Trinajstić information content (AvgIpc) is 3.18. The highest BCUT2D eigenvalue weighted by atomic mass is 32.2. The zero-order chi connectivity index (χ0) is 23.6. The molecule has 1 aliphatic carbocycles. The zero-order valence-electron chi connectivity index (χ0n) is 19.9. The topological polar surface area (TPSA) is 80.7 Å². The van der Waals surface area contributed by atoms with Crippen molar-refractivity contribution in [2.24, 2.45) is 17.3 Å². The van der Waals surface area contributed by atoms with Crippen LogP contribution in [-0.4, -0.2) is 36.4 Å². The Hall–Kier alpha value is -1.66. The maximum atomic E-state index is 13.5. The molecule has 0 saturated heterocycles. The number of sulfone groups is 1. The standard InChI is InChI=1S/C25H38O5S/c1-17(12-11-13-18(2)26)21(31(28,29)19-14-9-8-10-15-19)16-20-22(25(20,6)7)23(27)30-24(3,4)5/h8-10,12,14-15,18,20-22,26H,11,13,16H2,1-7H3/b17-12+/t18?,20-,21?,22+/m1/s1. The summed E-state index contributed by atoms with van der Waals surface area (Å²) >= 11 is 0. The van der Waals surface area contributed by atoms with Gasteiger partial charge in [-0.3, -0.25) is 4.79 Å². The molecule has 1 aliphatic rings. The van der Waals surface area contributed by atoms with Gasteiger partial charge in [-0.1, -0.05) is 43.7 Å². The highest BCUT2D eigenvalue weighted by molar-refractivity contribution is 7.92. The van der Waals surface area contributed by atoms with Crippen molar-refractivity contribution in [3.8, 4) is 0 Å². The first-order valence-corrected chi connectivity index (χ1v) is 12.6. The van der Waals surface area contributed by atoms with E-state index in [1.807, 2.05) is 47.6 Å². The van der Waals surface area contributed by atoms with Crippen LogP contribution in [0.5, 0.6) is 0 Å². The van der Waals surface area contributed by atoms with Gasteiger partial charge in [0.05, 0.1) is 22.2 Å². The minimum Gasteiger partial charge on any atom is -0.460 e. The van der Waals surface area contributed by atoms with E-state index in [-0.39, 0.29) is 28.1 Å². The Morgan fingerprint density at radius 3 is 2.32 bits per heavy atom. The van der Waals surface area contributed by atoms with Gasteiger partial charge in [-0.15, -0.1) is 0 Å². The SMILES string of the molecule is C/C(=C\CCC(C)O)C(C[C@@H]1[C@@H](C(=O)OC(C)(C)C)C1(C)C)S(=O)(=O)c1ccccc1. The maximum Gasteiger partial charge on any atom is 0.310 e. The van der Waals surface area contributed by atoms with Crippen LogP contribution in [0.1, 0.15) is 67.7 Å². The van der Waals surface area contributed by atoms with Crippen molar-refractivity contribution in [3.63, 3.8) is 0 Å². The number of hydrogen-bond acceptors (Lipinski definition) is 5. The van der Waals surface area contributed by atoms with E-state index >= 15 is 0 Å². The van der Waals surface area contributed by atoms with Crippen molar-refractivity contribution < 1.29 is 23.1 Å². The highest BCUT2D eigenvalue weighted by Crippen LogP contribution is 2.62. The summed E-state index contributed by atoms with van der Waals surface area (Å²) in [4.78, 5) is 13.0. The van der Waals surface area contributed by atoms with Crippen molar-refractivity contribution >= 4 is 15.8 Å². The molecule has 0 aliphatic heterocycles. The molecule has 2 rings (SSSR count). The second-order valence-electron chi connectivity index (χ2n) is 10.4. The van der Waals surface area contributed by atoms with Crippen LogP contribution in [0.25, 0.3) is 0 Å². The van der Waals surface area contributed by atoms with Gasteiger partial charge in [0.15, 0.2) is 9.84 Å². The molecule has 1 aromatic carbocycles. The van der Waals surface area contributed by atoms with Crippen molar-refractivity contribution in [3.05, 3.63) is 42.0 Å². The quantitative estimate of drug-likeness (QED) is 0.426. The average molecular weight is 451 g/mol. The van der Waals surface area contributed by atoms with Gasteiger partial charge < -0.3 is 9.84 Å². The van der Waals surface area contributed by atoms with Crippen LogP contribution < -0.4 is 0 Å². The monoisotopic (exact) mass is 450 g/mol. The normalized spacial score (nSPS) is 23.2. The maximum absolute atomic E-state index is 13.5. The molecule has 1 aromatic rings. The first-order chi connectivity index (χ1) is 14.2. The Morgan fingerprint density at radius 1 is 1.23 bits per heavy atom. The van der Waals surface area contributed by atoms with Gasteiger partial charge in [0.25, 0.3) is 0 Å². The van der Waals surface area contributed by atoms with Crippen LogP contribution in [0.4, 0.5) is 0 Å². The summed E-state index contributed by atoms with van der Waals surface area (Å²) < 4.78 is 32.7. The molecule has 6 heteroatoms. The van der Waals surface area contributed by atoms with E-state index in [4.69, 9.17) is 4.74 Å². The number of rotatable bonds is 9. The summed E-state index contributed by atoms with van der Waals surface area (Å²) in [6.07, 6.45) is 3.02. The number of carbonyl (C=O) groups excluding carboxylic acids is 1. The minimum atomic E-state index is -3.62. The predicted octanol–water partition coefficient (Wildman–Crippen LogP) is 4.94. The fraction of sp³-hybridized carbons (Fsp3) is 0.640. The summed E-state index contributed by atoms with van der Waals surface area (Å²) in [5.74, 6) is -0.648. The van der Waals surface area contributed by atoms with Gasteiger partial charge in [0, 0.05) is 0 Å². The van der Waals surface area contributed by atoms with E-state index in [1.54, 1.807) is 37.3 Å². The second kappa shape index (κ2) is 9.45. The van der Waals surface area contributed by atoms with E-state index in [9.17, 15) is 18.3 Å². The Balaban J connectivity index is 2.32. The number of esters is 1.